The standard InChI is InChI=1S/C11H15N5OS/c12-8(9(17)10-14-4-7-18-10)2-1-5-16-6-3-15-11(16)13/h3-4,6-8H,1-2,5,12H2,(H2,13,15). The molecule has 0 bridgehead atoms. The number of imidazole rings is 1. The van der Waals surface area contributed by atoms with Gasteiger partial charge in [-0.2, -0.15) is 0 Å². The van der Waals surface area contributed by atoms with Crippen molar-refractivity contribution in [3.8, 4) is 0 Å². The summed E-state index contributed by atoms with van der Waals surface area (Å²) in [4.78, 5) is 19.7. The highest BCUT2D eigenvalue weighted by molar-refractivity contribution is 7.11. The van der Waals surface area contributed by atoms with Crippen molar-refractivity contribution in [2.45, 2.75) is 25.4 Å². The van der Waals surface area contributed by atoms with Gasteiger partial charge >= 0.3 is 0 Å². The molecule has 1 atom stereocenters. The first kappa shape index (κ1) is 12.7. The quantitative estimate of drug-likeness (QED) is 0.756. The molecular formula is C11H15N5OS. The van der Waals surface area contributed by atoms with E-state index >= 15 is 0 Å². The van der Waals surface area contributed by atoms with Crippen LogP contribution in [0.3, 0.4) is 0 Å². The molecule has 2 aromatic heterocycles. The van der Waals surface area contributed by atoms with Crippen molar-refractivity contribution in [1.29, 1.82) is 0 Å². The average Bonchev–Trinajstić information content (AvgIpc) is 3.00. The lowest BCUT2D eigenvalue weighted by atomic mass is 10.1. The number of aryl methyl sites for hydroxylation is 1. The number of hydrogen-bond acceptors (Lipinski definition) is 6. The predicted molar refractivity (Wildman–Crippen MR) is 70.3 cm³/mol. The van der Waals surface area contributed by atoms with Gasteiger partial charge in [-0.05, 0) is 12.8 Å². The number of thiazole rings is 1. The minimum atomic E-state index is -0.499. The van der Waals surface area contributed by atoms with Gasteiger partial charge in [0.05, 0.1) is 6.04 Å². The number of carbonyl (C=O) groups is 1. The van der Waals surface area contributed by atoms with Gasteiger partial charge in [0, 0.05) is 30.5 Å². The average molecular weight is 265 g/mol. The summed E-state index contributed by atoms with van der Waals surface area (Å²) in [6.45, 7) is 0.713. The molecule has 0 saturated heterocycles. The summed E-state index contributed by atoms with van der Waals surface area (Å²) in [5.41, 5.74) is 11.5. The number of ketones is 1. The van der Waals surface area contributed by atoms with E-state index in [1.54, 1.807) is 17.8 Å². The normalized spacial score (nSPS) is 12.5. The van der Waals surface area contributed by atoms with Crippen LogP contribution in [-0.4, -0.2) is 26.4 Å². The Bertz CT molecular complexity index is 507. The van der Waals surface area contributed by atoms with Crippen molar-refractivity contribution in [3.05, 3.63) is 29.0 Å². The van der Waals surface area contributed by atoms with E-state index in [4.69, 9.17) is 11.5 Å². The summed E-state index contributed by atoms with van der Waals surface area (Å²) in [6.07, 6.45) is 6.45. The predicted octanol–water partition coefficient (Wildman–Crippen LogP) is 0.912. The summed E-state index contributed by atoms with van der Waals surface area (Å²) in [5, 5.41) is 2.25. The van der Waals surface area contributed by atoms with E-state index in [2.05, 4.69) is 9.97 Å². The van der Waals surface area contributed by atoms with Crippen molar-refractivity contribution >= 4 is 23.1 Å². The zero-order valence-electron chi connectivity index (χ0n) is 9.82. The second-order valence-electron chi connectivity index (χ2n) is 3.93. The van der Waals surface area contributed by atoms with Gasteiger partial charge in [0.2, 0.25) is 5.78 Å². The first-order chi connectivity index (χ1) is 8.68. The number of Topliss-reactive ketones (excluding diaryl/α,β-unsaturated/α-hetero) is 1. The third-order valence-electron chi connectivity index (χ3n) is 2.64. The molecule has 6 nitrogen and oxygen atoms in total. The van der Waals surface area contributed by atoms with Crippen LogP contribution in [0.2, 0.25) is 0 Å². The lowest BCUT2D eigenvalue weighted by Gasteiger charge is -2.09. The van der Waals surface area contributed by atoms with E-state index < -0.39 is 6.04 Å². The minimum Gasteiger partial charge on any atom is -0.369 e. The van der Waals surface area contributed by atoms with Crippen LogP contribution in [0.4, 0.5) is 5.95 Å². The van der Waals surface area contributed by atoms with E-state index in [1.807, 2.05) is 10.8 Å². The van der Waals surface area contributed by atoms with Crippen LogP contribution in [0.15, 0.2) is 24.0 Å². The van der Waals surface area contributed by atoms with Gasteiger partial charge in [-0.3, -0.25) is 4.79 Å². The van der Waals surface area contributed by atoms with Gasteiger partial charge in [0.25, 0.3) is 0 Å². The fraction of sp³-hybridized carbons (Fsp3) is 0.364. The lowest BCUT2D eigenvalue weighted by molar-refractivity contribution is 0.0955. The van der Waals surface area contributed by atoms with Crippen LogP contribution in [0.5, 0.6) is 0 Å². The largest absolute Gasteiger partial charge is 0.369 e. The summed E-state index contributed by atoms with van der Waals surface area (Å²) < 4.78 is 1.83. The highest BCUT2D eigenvalue weighted by atomic mass is 32.1. The molecule has 0 fully saturated rings. The fourth-order valence-electron chi connectivity index (χ4n) is 1.65. The number of hydrogen-bond donors (Lipinski definition) is 2. The van der Waals surface area contributed by atoms with Crippen molar-refractivity contribution in [3.63, 3.8) is 0 Å². The summed E-state index contributed by atoms with van der Waals surface area (Å²) >= 11 is 1.32. The molecule has 1 unspecified atom stereocenters. The Hall–Kier alpha value is -1.73. The molecule has 2 heterocycles. The fourth-order valence-corrected chi connectivity index (χ4v) is 2.29. The van der Waals surface area contributed by atoms with Gasteiger partial charge < -0.3 is 16.0 Å². The molecule has 0 aliphatic carbocycles. The summed E-state index contributed by atoms with van der Waals surface area (Å²) in [5.74, 6) is 0.387. The highest BCUT2D eigenvalue weighted by Crippen LogP contribution is 2.10. The van der Waals surface area contributed by atoms with E-state index in [0.717, 1.165) is 6.42 Å². The van der Waals surface area contributed by atoms with Crippen molar-refractivity contribution in [1.82, 2.24) is 14.5 Å². The Morgan fingerprint density at radius 1 is 1.44 bits per heavy atom. The molecule has 18 heavy (non-hydrogen) atoms. The first-order valence-corrected chi connectivity index (χ1v) is 6.52. The first-order valence-electron chi connectivity index (χ1n) is 5.64. The molecule has 0 saturated carbocycles. The highest BCUT2D eigenvalue weighted by Gasteiger charge is 2.17. The maximum atomic E-state index is 11.8. The van der Waals surface area contributed by atoms with Gasteiger partial charge in [-0.15, -0.1) is 11.3 Å². The molecule has 2 aromatic rings. The summed E-state index contributed by atoms with van der Waals surface area (Å²) in [6, 6.07) is -0.499. The van der Waals surface area contributed by atoms with Crippen molar-refractivity contribution < 1.29 is 4.79 Å². The van der Waals surface area contributed by atoms with Crippen LogP contribution in [-0.2, 0) is 6.54 Å². The molecule has 0 aliphatic rings. The number of nitrogen functional groups attached to an aromatic ring is 1. The van der Waals surface area contributed by atoms with Crippen molar-refractivity contribution in [2.75, 3.05) is 5.73 Å². The number of anilines is 1. The second-order valence-corrected chi connectivity index (χ2v) is 4.82. The topological polar surface area (TPSA) is 99.8 Å². The van der Waals surface area contributed by atoms with E-state index in [-0.39, 0.29) is 5.78 Å². The zero-order chi connectivity index (χ0) is 13.0. The van der Waals surface area contributed by atoms with Gasteiger partial charge in [-0.25, -0.2) is 9.97 Å². The Morgan fingerprint density at radius 3 is 2.89 bits per heavy atom. The van der Waals surface area contributed by atoms with Crippen LogP contribution in [0, 0.1) is 0 Å². The van der Waals surface area contributed by atoms with E-state index in [9.17, 15) is 4.79 Å². The Labute approximate surface area is 109 Å². The molecule has 4 N–H and O–H groups in total. The van der Waals surface area contributed by atoms with E-state index in [1.165, 1.54) is 11.3 Å². The molecule has 2 rings (SSSR count). The van der Waals surface area contributed by atoms with Crippen LogP contribution in [0.25, 0.3) is 0 Å². The van der Waals surface area contributed by atoms with Gasteiger partial charge in [0.15, 0.2) is 11.0 Å². The third kappa shape index (κ3) is 2.93. The molecular weight excluding hydrogens is 250 g/mol. The molecule has 96 valence electrons. The van der Waals surface area contributed by atoms with Crippen LogP contribution >= 0.6 is 11.3 Å². The lowest BCUT2D eigenvalue weighted by Crippen LogP contribution is -2.30. The Kier molecular flexibility index (Phi) is 4.06. The van der Waals surface area contributed by atoms with Gasteiger partial charge in [-0.1, -0.05) is 0 Å². The maximum Gasteiger partial charge on any atom is 0.207 e. The molecule has 0 spiro atoms. The number of nitrogens with two attached hydrogens (primary N) is 2. The molecule has 7 heteroatoms. The third-order valence-corrected chi connectivity index (χ3v) is 3.43. The monoisotopic (exact) mass is 265 g/mol. The zero-order valence-corrected chi connectivity index (χ0v) is 10.6. The Morgan fingerprint density at radius 2 is 2.28 bits per heavy atom. The Balaban J connectivity index is 1.80. The molecule has 0 amide bonds. The molecule has 0 aromatic carbocycles. The second kappa shape index (κ2) is 5.74. The number of aromatic nitrogens is 3. The van der Waals surface area contributed by atoms with Crippen LogP contribution in [0.1, 0.15) is 22.6 Å². The van der Waals surface area contributed by atoms with E-state index in [0.29, 0.717) is 23.9 Å². The summed E-state index contributed by atoms with van der Waals surface area (Å²) in [7, 11) is 0. The maximum absolute atomic E-state index is 11.8. The molecule has 0 aliphatic heterocycles. The molecule has 0 radical (unpaired) electrons. The van der Waals surface area contributed by atoms with Crippen molar-refractivity contribution in [2.24, 2.45) is 5.73 Å². The smallest absolute Gasteiger partial charge is 0.207 e. The minimum absolute atomic E-state index is 0.0939. The van der Waals surface area contributed by atoms with Gasteiger partial charge in [0.1, 0.15) is 0 Å². The SMILES string of the molecule is Nc1nccn1CCCC(N)C(=O)c1nccs1. The number of rotatable bonds is 6. The number of nitrogens with zero attached hydrogens (tertiary/aromatic N) is 3. The number of carbonyl (C=O) groups excluding carboxylic acids is 1. The van der Waals surface area contributed by atoms with Crippen LogP contribution < -0.4 is 11.5 Å².